The second kappa shape index (κ2) is 8.97. The summed E-state index contributed by atoms with van der Waals surface area (Å²) in [5, 5.41) is 0. The topological polar surface area (TPSA) is 41.8 Å². The Morgan fingerprint density at radius 3 is 2.28 bits per heavy atom. The number of hydrogen-bond acceptors (Lipinski definition) is 3. The molecule has 0 spiro atoms. The summed E-state index contributed by atoms with van der Waals surface area (Å²) in [5.41, 5.74) is 5.33. The van der Waals surface area contributed by atoms with Crippen LogP contribution in [0.15, 0.2) is 83.5 Å². The van der Waals surface area contributed by atoms with E-state index in [1.807, 2.05) is 80.6 Å². The quantitative estimate of drug-likeness (QED) is 0.240. The highest BCUT2D eigenvalue weighted by Crippen LogP contribution is 2.23. The molecule has 0 saturated heterocycles. The molecule has 2 aromatic heterocycles. The van der Waals surface area contributed by atoms with Crippen LogP contribution in [0.1, 0.15) is 37.5 Å². The van der Waals surface area contributed by atoms with Crippen LogP contribution in [0.3, 0.4) is 0 Å². The van der Waals surface area contributed by atoms with Gasteiger partial charge in [0.1, 0.15) is 0 Å². The van der Waals surface area contributed by atoms with Gasteiger partial charge in [0.05, 0.1) is 11.2 Å². The average molecular weight is 487 g/mol. The van der Waals surface area contributed by atoms with Crippen LogP contribution < -0.4 is 4.90 Å². The number of fused-ring (bicyclic) bond motifs is 1. The Bertz CT molecular complexity index is 1330. The minimum absolute atomic E-state index is 0.126. The van der Waals surface area contributed by atoms with E-state index in [-0.39, 0.29) is 11.6 Å². The molecule has 0 unspecified atom stereocenters. The summed E-state index contributed by atoms with van der Waals surface area (Å²) in [6, 6.07) is 20.8. The van der Waals surface area contributed by atoms with Crippen LogP contribution in [-0.4, -0.2) is 30.1 Å². The van der Waals surface area contributed by atoms with E-state index in [9.17, 15) is 9.59 Å². The van der Waals surface area contributed by atoms with E-state index in [0.717, 1.165) is 26.8 Å². The summed E-state index contributed by atoms with van der Waals surface area (Å²) < 4.78 is 2.70. The van der Waals surface area contributed by atoms with Gasteiger partial charge in [0, 0.05) is 41.6 Å². The van der Waals surface area contributed by atoms with Gasteiger partial charge in [0.25, 0.3) is 0 Å². The number of anilines is 1. The highest BCUT2D eigenvalue weighted by molar-refractivity contribution is 9.10. The Hall–Kier alpha value is -3.44. The first-order chi connectivity index (χ1) is 15.3. The number of allylic oxidation sites excluding steroid dienone is 1. The van der Waals surface area contributed by atoms with Crippen LogP contribution in [0, 0.1) is 6.92 Å². The van der Waals surface area contributed by atoms with Gasteiger partial charge in [-0.1, -0.05) is 34.1 Å². The Morgan fingerprint density at radius 2 is 1.62 bits per heavy atom. The second-order valence-electron chi connectivity index (χ2n) is 7.92. The fourth-order valence-corrected chi connectivity index (χ4v) is 3.83. The van der Waals surface area contributed by atoms with Gasteiger partial charge in [-0.15, -0.1) is 0 Å². The molecule has 2 heterocycles. The number of carbonyl (C=O) groups excluding carboxylic acids is 2. The van der Waals surface area contributed by atoms with Crippen LogP contribution in [0.2, 0.25) is 0 Å². The molecule has 0 aliphatic heterocycles. The highest BCUT2D eigenvalue weighted by atomic mass is 79.9. The predicted octanol–water partition coefficient (Wildman–Crippen LogP) is 6.20. The third-order valence-corrected chi connectivity index (χ3v) is 5.90. The van der Waals surface area contributed by atoms with Crippen molar-refractivity contribution < 1.29 is 9.59 Å². The van der Waals surface area contributed by atoms with Gasteiger partial charge in [0.2, 0.25) is 5.78 Å². The number of pyridine rings is 1. The zero-order valence-corrected chi connectivity index (χ0v) is 19.8. The maximum atomic E-state index is 13.2. The molecule has 160 valence electrons. The number of ketones is 2. The van der Waals surface area contributed by atoms with E-state index in [1.54, 1.807) is 34.8 Å². The highest BCUT2D eigenvalue weighted by Gasteiger charge is 2.19. The molecule has 0 fully saturated rings. The molecule has 0 radical (unpaired) electrons. The average Bonchev–Trinajstić information content (AvgIpc) is 3.16. The summed E-state index contributed by atoms with van der Waals surface area (Å²) in [4.78, 5) is 28.3. The van der Waals surface area contributed by atoms with Gasteiger partial charge in [0.15, 0.2) is 5.78 Å². The number of aryl methyl sites for hydroxylation is 1. The van der Waals surface area contributed by atoms with Gasteiger partial charge in [-0.25, -0.2) is 0 Å². The normalized spacial score (nSPS) is 11.2. The van der Waals surface area contributed by atoms with E-state index in [4.69, 9.17) is 0 Å². The number of halogens is 1. The summed E-state index contributed by atoms with van der Waals surface area (Å²) in [7, 11) is 3.98. The number of benzene rings is 2. The minimum Gasteiger partial charge on any atom is -0.378 e. The van der Waals surface area contributed by atoms with Crippen molar-refractivity contribution in [2.75, 3.05) is 19.0 Å². The molecule has 0 aliphatic carbocycles. The molecule has 0 atom stereocenters. The molecule has 4 rings (SSSR count). The van der Waals surface area contributed by atoms with Crippen molar-refractivity contribution in [2.45, 2.75) is 6.92 Å². The summed E-state index contributed by atoms with van der Waals surface area (Å²) in [5.74, 6) is -0.265. The lowest BCUT2D eigenvalue weighted by Gasteiger charge is -2.11. The number of aromatic nitrogens is 1. The number of nitrogens with zero attached hydrogens (tertiary/aromatic N) is 2. The van der Waals surface area contributed by atoms with Crippen molar-refractivity contribution in [3.8, 4) is 0 Å². The number of carbonyl (C=O) groups is 2. The fraction of sp³-hybridized carbons (Fsp3) is 0.111. The fourth-order valence-electron chi connectivity index (χ4n) is 3.57. The molecule has 5 heteroatoms. The first kappa shape index (κ1) is 21.8. The molecule has 4 aromatic rings. The van der Waals surface area contributed by atoms with E-state index >= 15 is 0 Å². The number of rotatable bonds is 6. The van der Waals surface area contributed by atoms with Gasteiger partial charge in [-0.3, -0.25) is 9.59 Å². The van der Waals surface area contributed by atoms with Crippen LogP contribution >= 0.6 is 15.9 Å². The Morgan fingerprint density at radius 1 is 0.938 bits per heavy atom. The van der Waals surface area contributed by atoms with Crippen molar-refractivity contribution in [1.82, 2.24) is 4.40 Å². The third kappa shape index (κ3) is 4.43. The van der Waals surface area contributed by atoms with Crippen LogP contribution in [0.5, 0.6) is 0 Å². The number of hydrogen-bond donors (Lipinski definition) is 0. The van der Waals surface area contributed by atoms with E-state index < -0.39 is 0 Å². The molecular formula is C27H23BrN2O2. The second-order valence-corrected chi connectivity index (χ2v) is 8.84. The summed E-state index contributed by atoms with van der Waals surface area (Å²) in [6.45, 7) is 1.97. The summed E-state index contributed by atoms with van der Waals surface area (Å²) >= 11 is 3.40. The first-order valence-electron chi connectivity index (χ1n) is 10.3. The zero-order valence-electron chi connectivity index (χ0n) is 18.2. The third-order valence-electron chi connectivity index (χ3n) is 5.37. The smallest absolute Gasteiger partial charge is 0.209 e. The van der Waals surface area contributed by atoms with Gasteiger partial charge in [-0.2, -0.15) is 0 Å². The SMILES string of the molecule is Cc1ccn2c(C(=O)c3ccc(Br)cc3)cc(C(=O)/C=C/c3ccc(N(C)C)cc3)c2c1. The van der Waals surface area contributed by atoms with Crippen molar-refractivity contribution in [2.24, 2.45) is 0 Å². The lowest BCUT2D eigenvalue weighted by molar-refractivity contribution is 0.103. The Balaban J connectivity index is 1.70. The molecule has 0 bridgehead atoms. The standard InChI is InChI=1S/C27H23BrN2O2/c1-18-14-15-30-24(16-18)23(17-25(30)27(32)20-7-9-21(28)10-8-20)26(31)13-6-19-4-11-22(12-5-19)29(2)3/h4-17H,1-3H3/b13-6+. The van der Waals surface area contributed by atoms with Crippen molar-refractivity contribution >= 4 is 44.8 Å². The molecule has 4 nitrogen and oxygen atoms in total. The molecular weight excluding hydrogens is 464 g/mol. The van der Waals surface area contributed by atoms with Crippen molar-refractivity contribution in [3.63, 3.8) is 0 Å². The van der Waals surface area contributed by atoms with Crippen LogP contribution in [0.4, 0.5) is 5.69 Å². The maximum Gasteiger partial charge on any atom is 0.209 e. The van der Waals surface area contributed by atoms with Gasteiger partial charge < -0.3 is 9.30 Å². The molecule has 32 heavy (non-hydrogen) atoms. The molecule has 0 aliphatic rings. The van der Waals surface area contributed by atoms with Crippen molar-refractivity contribution in [3.05, 3.63) is 111 Å². The predicted molar refractivity (Wildman–Crippen MR) is 134 cm³/mol. The first-order valence-corrected chi connectivity index (χ1v) is 11.0. The largest absolute Gasteiger partial charge is 0.378 e. The van der Waals surface area contributed by atoms with E-state index in [2.05, 4.69) is 15.9 Å². The Kier molecular flexibility index (Phi) is 6.10. The van der Waals surface area contributed by atoms with Crippen LogP contribution in [0.25, 0.3) is 11.6 Å². The lowest BCUT2D eigenvalue weighted by Crippen LogP contribution is -2.07. The molecule has 2 aromatic carbocycles. The maximum absolute atomic E-state index is 13.2. The van der Waals surface area contributed by atoms with Crippen LogP contribution in [-0.2, 0) is 0 Å². The zero-order chi connectivity index (χ0) is 22.8. The molecule has 0 saturated carbocycles. The Labute approximate surface area is 195 Å². The monoisotopic (exact) mass is 486 g/mol. The van der Waals surface area contributed by atoms with Crippen molar-refractivity contribution in [1.29, 1.82) is 0 Å². The van der Waals surface area contributed by atoms with E-state index in [0.29, 0.717) is 16.8 Å². The molecule has 0 amide bonds. The van der Waals surface area contributed by atoms with E-state index in [1.165, 1.54) is 0 Å². The molecule has 0 N–H and O–H groups in total. The lowest BCUT2D eigenvalue weighted by atomic mass is 10.1. The summed E-state index contributed by atoms with van der Waals surface area (Å²) in [6.07, 6.45) is 5.21. The minimum atomic E-state index is -0.139. The van der Waals surface area contributed by atoms with Gasteiger partial charge in [-0.05, 0) is 78.7 Å². The van der Waals surface area contributed by atoms with Gasteiger partial charge >= 0.3 is 0 Å².